The average molecular weight is 563 g/mol. The number of nitrogens with one attached hydrogen (secondary N) is 1. The van der Waals surface area contributed by atoms with Crippen molar-refractivity contribution in [3.8, 4) is 0 Å². The number of carboxylic acids is 2. The van der Waals surface area contributed by atoms with Gasteiger partial charge in [-0.2, -0.15) is 0 Å². The zero-order chi connectivity index (χ0) is 27.6. The number of likely N-dealkylation sites (tertiary alicyclic amines) is 1. The Morgan fingerprint density at radius 1 is 1.34 bits per heavy atom. The number of thioether (sulfide) groups is 1. The van der Waals surface area contributed by atoms with Crippen LogP contribution in [0.5, 0.6) is 0 Å². The number of amides is 3. The van der Waals surface area contributed by atoms with E-state index in [1.54, 1.807) is 11.0 Å². The van der Waals surface area contributed by atoms with Crippen molar-refractivity contribution >= 4 is 63.6 Å². The lowest BCUT2D eigenvalue weighted by molar-refractivity contribution is -0.150. The van der Waals surface area contributed by atoms with Gasteiger partial charge in [0, 0.05) is 29.8 Å². The smallest absolute Gasteiger partial charge is 0.352 e. The average Bonchev–Trinajstić information content (AvgIpc) is 3.45. The first-order valence-electron chi connectivity index (χ1n) is 11.1. The molecule has 2 atom stereocenters. The molecule has 0 saturated carbocycles. The molecule has 0 bridgehead atoms. The van der Waals surface area contributed by atoms with E-state index in [0.29, 0.717) is 30.7 Å². The first-order valence-corrected chi connectivity index (χ1v) is 13.0. The Balaban J connectivity index is 1.53. The summed E-state index contributed by atoms with van der Waals surface area (Å²) < 4.78 is 0. The summed E-state index contributed by atoms with van der Waals surface area (Å²) in [6, 6.07) is -1.09. The van der Waals surface area contributed by atoms with Gasteiger partial charge in [-0.1, -0.05) is 11.2 Å². The number of carbonyl (C=O) groups is 5. The molecule has 3 aliphatic heterocycles. The minimum atomic E-state index is -1.34. The van der Waals surface area contributed by atoms with Crippen molar-refractivity contribution in [2.24, 2.45) is 5.16 Å². The maximum Gasteiger partial charge on any atom is 0.352 e. The number of allylic oxidation sites excluding steroid dienone is 1. The number of nitrogens with zero attached hydrogens (tertiary/aromatic N) is 4. The van der Waals surface area contributed by atoms with E-state index in [2.05, 4.69) is 26.9 Å². The maximum absolute atomic E-state index is 13.0. The quantitative estimate of drug-likeness (QED) is 0.0950. The molecule has 4 heterocycles. The highest BCUT2D eigenvalue weighted by Crippen LogP contribution is 2.41. The first-order chi connectivity index (χ1) is 18.1. The maximum atomic E-state index is 13.0. The Morgan fingerprint density at radius 3 is 2.74 bits per heavy atom. The van der Waals surface area contributed by atoms with Crippen molar-refractivity contribution in [2.75, 3.05) is 31.2 Å². The fraction of sp³-hybridized carbons (Fsp3) is 0.318. The molecule has 0 aromatic carbocycles. The van der Waals surface area contributed by atoms with E-state index in [1.165, 1.54) is 23.2 Å². The molecule has 0 spiro atoms. The zero-order valence-electron chi connectivity index (χ0n) is 19.7. The Morgan fingerprint density at radius 2 is 2.11 bits per heavy atom. The minimum absolute atomic E-state index is 0.0158. The summed E-state index contributed by atoms with van der Waals surface area (Å²) in [4.78, 5) is 72.7. The highest BCUT2D eigenvalue weighted by molar-refractivity contribution is 8.00. The van der Waals surface area contributed by atoms with Gasteiger partial charge in [0.15, 0.2) is 10.8 Å². The Hall–Kier alpha value is -4.18. The normalized spacial score (nSPS) is 22.3. The molecule has 200 valence electrons. The summed E-state index contributed by atoms with van der Waals surface area (Å²) in [5.41, 5.74) is 5.75. The third-order valence-corrected chi connectivity index (χ3v) is 7.70. The number of β-lactam (4-membered cyclic amide) rings is 1. The van der Waals surface area contributed by atoms with Gasteiger partial charge < -0.3 is 31.0 Å². The van der Waals surface area contributed by atoms with Crippen molar-refractivity contribution in [2.45, 2.75) is 17.8 Å². The number of carbonyl (C=O) groups excluding carboxylic acids is 3. The fourth-order valence-corrected chi connectivity index (χ4v) is 5.91. The van der Waals surface area contributed by atoms with Crippen molar-refractivity contribution in [1.82, 2.24) is 20.1 Å². The van der Waals surface area contributed by atoms with E-state index in [1.807, 2.05) is 0 Å². The van der Waals surface area contributed by atoms with Crippen molar-refractivity contribution < 1.29 is 39.0 Å². The van der Waals surface area contributed by atoms with Crippen LogP contribution in [0.15, 0.2) is 46.1 Å². The molecule has 2 fully saturated rings. The number of nitrogen functional groups attached to an aromatic ring is 1. The van der Waals surface area contributed by atoms with Crippen LogP contribution in [0.3, 0.4) is 0 Å². The lowest BCUT2D eigenvalue weighted by atomic mass is 10.0. The highest BCUT2D eigenvalue weighted by Gasteiger charge is 2.54. The molecular formula is C22H22N6O8S2. The molecule has 2 saturated heterocycles. The summed E-state index contributed by atoms with van der Waals surface area (Å²) in [7, 11) is 0. The third-order valence-electron chi connectivity index (χ3n) is 5.72. The molecule has 0 radical (unpaired) electrons. The number of nitrogens with two attached hydrogens (primary N) is 1. The zero-order valence-corrected chi connectivity index (χ0v) is 21.3. The van der Waals surface area contributed by atoms with Crippen molar-refractivity contribution in [3.05, 3.63) is 46.6 Å². The molecule has 4 rings (SSSR count). The van der Waals surface area contributed by atoms with Gasteiger partial charge in [0.1, 0.15) is 22.8 Å². The van der Waals surface area contributed by atoms with Crippen LogP contribution in [0.2, 0.25) is 0 Å². The predicted molar refractivity (Wildman–Crippen MR) is 136 cm³/mol. The second-order valence-corrected chi connectivity index (χ2v) is 10.2. The molecule has 0 aliphatic carbocycles. The van der Waals surface area contributed by atoms with E-state index in [4.69, 9.17) is 10.8 Å². The largest absolute Gasteiger partial charge is 0.479 e. The van der Waals surface area contributed by atoms with Crippen LogP contribution in [-0.4, -0.2) is 97.2 Å². The molecule has 16 heteroatoms. The summed E-state index contributed by atoms with van der Waals surface area (Å²) in [6.07, 6.45) is 3.57. The number of carboxylic acid groups (broad SMARTS) is 2. The van der Waals surface area contributed by atoms with Gasteiger partial charge in [0.2, 0.25) is 12.5 Å². The van der Waals surface area contributed by atoms with Gasteiger partial charge in [0.25, 0.3) is 11.8 Å². The topological polar surface area (TPSA) is 205 Å². The number of hydrogen-bond donors (Lipinski definition) is 4. The van der Waals surface area contributed by atoms with E-state index in [-0.39, 0.29) is 28.2 Å². The number of oxime groups is 1. The second-order valence-electron chi connectivity index (χ2n) is 8.18. The Labute approximate surface area is 223 Å². The van der Waals surface area contributed by atoms with E-state index < -0.39 is 47.5 Å². The van der Waals surface area contributed by atoms with Crippen molar-refractivity contribution in [3.63, 3.8) is 0 Å². The summed E-state index contributed by atoms with van der Waals surface area (Å²) >= 11 is 2.24. The summed E-state index contributed by atoms with van der Waals surface area (Å²) in [5, 5.41) is 25.5. The molecule has 1 aromatic rings. The molecule has 3 amide bonds. The van der Waals surface area contributed by atoms with Gasteiger partial charge in [-0.3, -0.25) is 19.3 Å². The van der Waals surface area contributed by atoms with Crippen LogP contribution in [0.4, 0.5) is 5.13 Å². The van der Waals surface area contributed by atoms with Gasteiger partial charge in [-0.05, 0) is 18.1 Å². The lowest BCUT2D eigenvalue weighted by Crippen LogP contribution is -2.71. The minimum Gasteiger partial charge on any atom is -0.479 e. The van der Waals surface area contributed by atoms with Gasteiger partial charge in [-0.15, -0.1) is 29.7 Å². The second kappa shape index (κ2) is 11.1. The number of rotatable bonds is 10. The van der Waals surface area contributed by atoms with E-state index >= 15 is 0 Å². The number of aromatic nitrogens is 1. The van der Waals surface area contributed by atoms with E-state index in [0.717, 1.165) is 16.2 Å². The number of hydrogen-bond acceptors (Lipinski definition) is 11. The number of anilines is 1. The summed E-state index contributed by atoms with van der Waals surface area (Å²) in [6.45, 7) is 3.68. The number of thiazole rings is 1. The molecule has 1 aromatic heterocycles. The lowest BCUT2D eigenvalue weighted by Gasteiger charge is -2.49. The van der Waals surface area contributed by atoms with Crippen LogP contribution < -0.4 is 11.1 Å². The molecular weight excluding hydrogens is 540 g/mol. The van der Waals surface area contributed by atoms with Crippen LogP contribution >= 0.6 is 23.1 Å². The fourth-order valence-electron chi connectivity index (χ4n) is 4.06. The monoisotopic (exact) mass is 562 g/mol. The first kappa shape index (κ1) is 26.9. The number of aliphatic carboxylic acids is 2. The van der Waals surface area contributed by atoms with Crippen LogP contribution in [-0.2, 0) is 28.8 Å². The van der Waals surface area contributed by atoms with Crippen LogP contribution in [0.25, 0.3) is 0 Å². The number of fused-ring (bicyclic) bond motifs is 1. The molecule has 3 aliphatic rings. The molecule has 5 N–H and O–H groups in total. The third kappa shape index (κ3) is 5.26. The van der Waals surface area contributed by atoms with Gasteiger partial charge in [-0.25, -0.2) is 14.6 Å². The van der Waals surface area contributed by atoms with Gasteiger partial charge >= 0.3 is 11.9 Å². The Kier molecular flexibility index (Phi) is 7.82. The SMILES string of the molecule is C=CCN1CC/C(=C\C2=C(C(=O)O)N3C(=O)[C@@H](NC(=O)/C(=N\OCC(=O)O)c4csc(N)n4)[C@H]3SC2)C1=O. The highest BCUT2D eigenvalue weighted by atomic mass is 32.2. The predicted octanol–water partition coefficient (Wildman–Crippen LogP) is -0.386. The van der Waals surface area contributed by atoms with Gasteiger partial charge in [0.05, 0.1) is 0 Å². The van der Waals surface area contributed by atoms with Crippen LogP contribution in [0, 0.1) is 0 Å². The van der Waals surface area contributed by atoms with E-state index in [9.17, 15) is 29.1 Å². The standard InChI is InChI=1S/C22H22N6O8S2/c1-2-4-27-5-3-10(18(27)32)6-11-8-37-20-15(19(33)28(20)16(11)21(34)35)25-17(31)14(26-36-7-13(29)30)12-9-38-22(23)24-12/h2,6,9,15,20H,1,3-5,7-8H2,(H2,23,24)(H,25,31)(H,29,30)(H,34,35)/b10-6+,26-14-/t15-,20-/m1/s1. The Bertz CT molecular complexity index is 1320. The molecule has 38 heavy (non-hydrogen) atoms. The molecule has 0 unspecified atom stereocenters. The molecule has 14 nitrogen and oxygen atoms in total. The van der Waals surface area contributed by atoms with Crippen LogP contribution in [0.1, 0.15) is 12.1 Å². The summed E-state index contributed by atoms with van der Waals surface area (Å²) in [5.74, 6) is -4.23. The van der Waals surface area contributed by atoms with Crippen molar-refractivity contribution in [1.29, 1.82) is 0 Å².